The standard InChI is InChI=1S/C20H25NO4/c1-13(2)16-8-6-7-9-18(16)25-14(3)20(22)21-17-11-10-15(23-4)12-19(17)24-5/h6-14H,1-5H3,(H,21,22). The Balaban J connectivity index is 2.11. The van der Waals surface area contributed by atoms with E-state index < -0.39 is 6.10 Å². The smallest absolute Gasteiger partial charge is 0.265 e. The lowest BCUT2D eigenvalue weighted by molar-refractivity contribution is -0.122. The summed E-state index contributed by atoms with van der Waals surface area (Å²) in [4.78, 5) is 12.5. The molecule has 0 saturated heterocycles. The molecule has 0 heterocycles. The molecule has 0 radical (unpaired) electrons. The molecule has 2 aromatic carbocycles. The van der Waals surface area contributed by atoms with E-state index in [0.717, 1.165) is 11.3 Å². The molecule has 0 fully saturated rings. The molecule has 1 atom stereocenters. The Hall–Kier alpha value is -2.69. The average molecular weight is 343 g/mol. The SMILES string of the molecule is COc1ccc(NC(=O)C(C)Oc2ccccc2C(C)C)c(OC)c1. The zero-order chi connectivity index (χ0) is 18.4. The van der Waals surface area contributed by atoms with Gasteiger partial charge in [0.15, 0.2) is 6.10 Å². The van der Waals surface area contributed by atoms with Gasteiger partial charge in [-0.15, -0.1) is 0 Å². The molecule has 0 bridgehead atoms. The first-order chi connectivity index (χ1) is 12.0. The van der Waals surface area contributed by atoms with Crippen molar-refractivity contribution in [1.29, 1.82) is 0 Å². The van der Waals surface area contributed by atoms with Gasteiger partial charge in [-0.2, -0.15) is 0 Å². The molecule has 0 aromatic heterocycles. The zero-order valence-electron chi connectivity index (χ0n) is 15.3. The first-order valence-corrected chi connectivity index (χ1v) is 8.24. The Kier molecular flexibility index (Phi) is 6.28. The molecule has 25 heavy (non-hydrogen) atoms. The van der Waals surface area contributed by atoms with Gasteiger partial charge in [0, 0.05) is 6.07 Å². The van der Waals surface area contributed by atoms with Crippen LogP contribution >= 0.6 is 0 Å². The highest BCUT2D eigenvalue weighted by molar-refractivity contribution is 5.95. The number of rotatable bonds is 7. The molecule has 134 valence electrons. The third-order valence-corrected chi connectivity index (χ3v) is 3.88. The van der Waals surface area contributed by atoms with E-state index >= 15 is 0 Å². The van der Waals surface area contributed by atoms with Gasteiger partial charge in [0.05, 0.1) is 19.9 Å². The molecule has 0 aliphatic heterocycles. The van der Waals surface area contributed by atoms with Gasteiger partial charge in [-0.05, 0) is 36.6 Å². The largest absolute Gasteiger partial charge is 0.497 e. The summed E-state index contributed by atoms with van der Waals surface area (Å²) >= 11 is 0. The van der Waals surface area contributed by atoms with E-state index in [0.29, 0.717) is 23.1 Å². The van der Waals surface area contributed by atoms with Gasteiger partial charge < -0.3 is 19.5 Å². The number of nitrogens with one attached hydrogen (secondary N) is 1. The summed E-state index contributed by atoms with van der Waals surface area (Å²) in [7, 11) is 3.12. The molecule has 0 aliphatic carbocycles. The normalized spacial score (nSPS) is 11.8. The number of carbonyl (C=O) groups excluding carboxylic acids is 1. The number of carbonyl (C=O) groups is 1. The lowest BCUT2D eigenvalue weighted by atomic mass is 10.0. The second kappa shape index (κ2) is 8.42. The van der Waals surface area contributed by atoms with E-state index in [1.807, 2.05) is 24.3 Å². The molecule has 0 aliphatic rings. The highest BCUT2D eigenvalue weighted by Gasteiger charge is 2.19. The van der Waals surface area contributed by atoms with E-state index in [1.165, 1.54) is 0 Å². The molecule has 5 nitrogen and oxygen atoms in total. The number of ether oxygens (including phenoxy) is 3. The van der Waals surface area contributed by atoms with Gasteiger partial charge in [0.2, 0.25) is 0 Å². The molecule has 2 rings (SSSR count). The highest BCUT2D eigenvalue weighted by atomic mass is 16.5. The van der Waals surface area contributed by atoms with Gasteiger partial charge >= 0.3 is 0 Å². The minimum absolute atomic E-state index is 0.248. The average Bonchev–Trinajstić information content (AvgIpc) is 2.62. The molecule has 1 N–H and O–H groups in total. The maximum Gasteiger partial charge on any atom is 0.265 e. The van der Waals surface area contributed by atoms with Crippen molar-refractivity contribution in [2.45, 2.75) is 32.8 Å². The van der Waals surface area contributed by atoms with E-state index in [-0.39, 0.29) is 5.91 Å². The van der Waals surface area contributed by atoms with Crippen LogP contribution in [0, 0.1) is 0 Å². The number of anilines is 1. The van der Waals surface area contributed by atoms with Crippen LogP contribution in [0.1, 0.15) is 32.3 Å². The van der Waals surface area contributed by atoms with E-state index in [2.05, 4.69) is 19.2 Å². The van der Waals surface area contributed by atoms with Crippen molar-refractivity contribution >= 4 is 11.6 Å². The number of benzene rings is 2. The minimum atomic E-state index is -0.647. The fourth-order valence-corrected chi connectivity index (χ4v) is 2.44. The maximum absolute atomic E-state index is 12.5. The highest BCUT2D eigenvalue weighted by Crippen LogP contribution is 2.30. The molecule has 1 amide bonds. The zero-order valence-corrected chi connectivity index (χ0v) is 15.3. The summed E-state index contributed by atoms with van der Waals surface area (Å²) in [5, 5.41) is 2.84. The molecule has 2 aromatic rings. The van der Waals surface area contributed by atoms with Crippen LogP contribution in [-0.2, 0) is 4.79 Å². The minimum Gasteiger partial charge on any atom is -0.497 e. The van der Waals surface area contributed by atoms with Crippen molar-refractivity contribution in [3.8, 4) is 17.2 Å². The number of hydrogen-bond donors (Lipinski definition) is 1. The summed E-state index contributed by atoms with van der Waals surface area (Å²) < 4.78 is 16.3. The summed E-state index contributed by atoms with van der Waals surface area (Å²) in [6, 6.07) is 13.0. The number of amides is 1. The fourth-order valence-electron chi connectivity index (χ4n) is 2.44. The van der Waals surface area contributed by atoms with Crippen LogP contribution in [0.15, 0.2) is 42.5 Å². The van der Waals surface area contributed by atoms with E-state index in [4.69, 9.17) is 14.2 Å². The fraction of sp³-hybridized carbons (Fsp3) is 0.350. The predicted octanol–water partition coefficient (Wildman–Crippen LogP) is 4.23. The van der Waals surface area contributed by atoms with Crippen molar-refractivity contribution in [3.05, 3.63) is 48.0 Å². The molecule has 5 heteroatoms. The third-order valence-electron chi connectivity index (χ3n) is 3.88. The van der Waals surface area contributed by atoms with Crippen molar-refractivity contribution in [2.75, 3.05) is 19.5 Å². The van der Waals surface area contributed by atoms with Crippen molar-refractivity contribution in [3.63, 3.8) is 0 Å². The number of para-hydroxylation sites is 1. The van der Waals surface area contributed by atoms with Crippen LogP contribution in [0.25, 0.3) is 0 Å². The first-order valence-electron chi connectivity index (χ1n) is 8.24. The second-order valence-electron chi connectivity index (χ2n) is 6.01. The molecule has 0 saturated carbocycles. The van der Waals surface area contributed by atoms with Crippen molar-refractivity contribution < 1.29 is 19.0 Å². The Morgan fingerprint density at radius 1 is 0.960 bits per heavy atom. The maximum atomic E-state index is 12.5. The van der Waals surface area contributed by atoms with Crippen LogP contribution in [0.2, 0.25) is 0 Å². The molecule has 0 spiro atoms. The summed E-state index contributed by atoms with van der Waals surface area (Å²) in [5.41, 5.74) is 1.64. The summed E-state index contributed by atoms with van der Waals surface area (Å²) in [6.07, 6.45) is -0.647. The van der Waals surface area contributed by atoms with Crippen molar-refractivity contribution in [1.82, 2.24) is 0 Å². The topological polar surface area (TPSA) is 56.8 Å². The van der Waals surface area contributed by atoms with Gasteiger partial charge in [-0.3, -0.25) is 4.79 Å². The predicted molar refractivity (Wildman–Crippen MR) is 98.8 cm³/mol. The van der Waals surface area contributed by atoms with Crippen LogP contribution in [0.5, 0.6) is 17.2 Å². The summed E-state index contributed by atoms with van der Waals surface area (Å²) in [5.74, 6) is 1.98. The van der Waals surface area contributed by atoms with Crippen LogP contribution in [-0.4, -0.2) is 26.2 Å². The monoisotopic (exact) mass is 343 g/mol. The summed E-state index contributed by atoms with van der Waals surface area (Å²) in [6.45, 7) is 5.91. The van der Waals surface area contributed by atoms with E-state index in [1.54, 1.807) is 39.3 Å². The Morgan fingerprint density at radius 3 is 2.32 bits per heavy atom. The quantitative estimate of drug-likeness (QED) is 0.817. The Bertz CT molecular complexity index is 727. The lowest BCUT2D eigenvalue weighted by Gasteiger charge is -2.19. The third kappa shape index (κ3) is 4.66. The molecular formula is C20H25NO4. The van der Waals surface area contributed by atoms with Crippen LogP contribution in [0.3, 0.4) is 0 Å². The first kappa shape index (κ1) is 18.6. The van der Waals surface area contributed by atoms with Crippen molar-refractivity contribution in [2.24, 2.45) is 0 Å². The number of methoxy groups -OCH3 is 2. The molecular weight excluding hydrogens is 318 g/mol. The van der Waals surface area contributed by atoms with Crippen LogP contribution in [0.4, 0.5) is 5.69 Å². The lowest BCUT2D eigenvalue weighted by Crippen LogP contribution is -2.30. The van der Waals surface area contributed by atoms with Gasteiger partial charge in [-0.25, -0.2) is 0 Å². The van der Waals surface area contributed by atoms with Gasteiger partial charge in [-0.1, -0.05) is 32.0 Å². The van der Waals surface area contributed by atoms with Gasteiger partial charge in [0.25, 0.3) is 5.91 Å². The number of hydrogen-bond acceptors (Lipinski definition) is 4. The Labute approximate surface area is 148 Å². The van der Waals surface area contributed by atoms with E-state index in [9.17, 15) is 4.79 Å². The van der Waals surface area contributed by atoms with Crippen LogP contribution < -0.4 is 19.5 Å². The Morgan fingerprint density at radius 2 is 1.68 bits per heavy atom. The second-order valence-corrected chi connectivity index (χ2v) is 6.01. The molecule has 1 unspecified atom stereocenters. The van der Waals surface area contributed by atoms with Gasteiger partial charge in [0.1, 0.15) is 17.2 Å².